The number of aromatic nitrogens is 3. The van der Waals surface area contributed by atoms with Crippen LogP contribution in [0.25, 0.3) is 22.4 Å². The van der Waals surface area contributed by atoms with Crippen LogP contribution in [0.4, 0.5) is 0 Å². The number of hydrogen-bond acceptors (Lipinski definition) is 4. The average molecular weight is 268 g/mol. The highest BCUT2D eigenvalue weighted by molar-refractivity contribution is 5.82. The van der Waals surface area contributed by atoms with Gasteiger partial charge in [-0.05, 0) is 29.8 Å². The van der Waals surface area contributed by atoms with E-state index in [9.17, 15) is 4.79 Å². The Morgan fingerprint density at radius 1 is 1.35 bits per heavy atom. The maximum absolute atomic E-state index is 10.9. The van der Waals surface area contributed by atoms with E-state index >= 15 is 0 Å². The van der Waals surface area contributed by atoms with E-state index in [-0.39, 0.29) is 0 Å². The van der Waals surface area contributed by atoms with Gasteiger partial charge in [-0.2, -0.15) is 0 Å². The lowest BCUT2D eigenvalue weighted by Gasteiger charge is -2.05. The van der Waals surface area contributed by atoms with Gasteiger partial charge >= 0.3 is 5.97 Å². The number of aromatic amines is 1. The number of hydrogen-bond donors (Lipinski definition) is 3. The third kappa shape index (κ3) is 2.12. The summed E-state index contributed by atoms with van der Waals surface area (Å²) in [4.78, 5) is 22.5. The van der Waals surface area contributed by atoms with Crippen LogP contribution in [0.5, 0.6) is 0 Å². The fourth-order valence-electron chi connectivity index (χ4n) is 2.00. The molecule has 0 amide bonds. The Morgan fingerprint density at radius 3 is 2.90 bits per heavy atom. The molecule has 1 aromatic carbocycles. The molecule has 0 bridgehead atoms. The summed E-state index contributed by atoms with van der Waals surface area (Å²) in [6.45, 7) is 0. The first kappa shape index (κ1) is 12.3. The largest absolute Gasteiger partial charge is 0.480 e. The van der Waals surface area contributed by atoms with Crippen molar-refractivity contribution >= 4 is 17.0 Å². The van der Waals surface area contributed by atoms with Gasteiger partial charge in [0.05, 0.1) is 11.0 Å². The van der Waals surface area contributed by atoms with Crippen molar-refractivity contribution < 1.29 is 9.90 Å². The van der Waals surface area contributed by atoms with Gasteiger partial charge in [-0.1, -0.05) is 6.07 Å². The lowest BCUT2D eigenvalue weighted by Crippen LogP contribution is -2.20. The number of nitrogens with one attached hydrogen (secondary N) is 1. The molecule has 0 saturated heterocycles. The molecule has 0 radical (unpaired) electrons. The number of imidazole rings is 1. The van der Waals surface area contributed by atoms with E-state index < -0.39 is 12.0 Å². The number of rotatable bonds is 3. The molecule has 0 fully saturated rings. The van der Waals surface area contributed by atoms with E-state index in [1.165, 1.54) is 0 Å². The van der Waals surface area contributed by atoms with Gasteiger partial charge in [0, 0.05) is 18.0 Å². The average Bonchev–Trinajstić information content (AvgIpc) is 2.90. The van der Waals surface area contributed by atoms with Crippen LogP contribution >= 0.6 is 0 Å². The van der Waals surface area contributed by atoms with Gasteiger partial charge in [0.1, 0.15) is 11.9 Å². The van der Waals surface area contributed by atoms with Crippen molar-refractivity contribution in [3.05, 3.63) is 48.3 Å². The van der Waals surface area contributed by atoms with Crippen LogP contribution in [0.3, 0.4) is 0 Å². The van der Waals surface area contributed by atoms with Crippen LogP contribution in [0.1, 0.15) is 11.6 Å². The molecule has 0 aliphatic heterocycles. The Kier molecular flexibility index (Phi) is 2.92. The molecule has 0 aliphatic rings. The Labute approximate surface area is 114 Å². The van der Waals surface area contributed by atoms with E-state index in [4.69, 9.17) is 10.8 Å². The highest BCUT2D eigenvalue weighted by Gasteiger charge is 2.15. The van der Waals surface area contributed by atoms with Gasteiger partial charge in [0.2, 0.25) is 0 Å². The molecular weight excluding hydrogens is 256 g/mol. The predicted molar refractivity (Wildman–Crippen MR) is 73.9 cm³/mol. The summed E-state index contributed by atoms with van der Waals surface area (Å²) in [5.74, 6) is -0.370. The van der Waals surface area contributed by atoms with Crippen molar-refractivity contribution in [3.63, 3.8) is 0 Å². The molecular formula is C14H12N4O2. The van der Waals surface area contributed by atoms with Crippen molar-refractivity contribution in [2.75, 3.05) is 0 Å². The molecule has 3 aromatic rings. The molecule has 0 spiro atoms. The SMILES string of the molecule is NC(C(=O)O)c1ccc2nc(-c3cccnc3)[nH]c2c1. The summed E-state index contributed by atoms with van der Waals surface area (Å²) >= 11 is 0. The molecule has 2 heterocycles. The van der Waals surface area contributed by atoms with Crippen LogP contribution in [-0.2, 0) is 4.79 Å². The zero-order valence-electron chi connectivity index (χ0n) is 10.4. The third-order valence-electron chi connectivity index (χ3n) is 3.07. The molecule has 2 aromatic heterocycles. The minimum absolute atomic E-state index is 0.534. The lowest BCUT2D eigenvalue weighted by atomic mass is 10.1. The molecule has 6 heteroatoms. The Morgan fingerprint density at radius 2 is 2.20 bits per heavy atom. The zero-order valence-corrected chi connectivity index (χ0v) is 10.4. The smallest absolute Gasteiger partial charge is 0.325 e. The molecule has 100 valence electrons. The van der Waals surface area contributed by atoms with Gasteiger partial charge in [-0.3, -0.25) is 9.78 Å². The second-order valence-corrected chi connectivity index (χ2v) is 4.42. The molecule has 3 rings (SSSR count). The number of nitrogens with zero attached hydrogens (tertiary/aromatic N) is 2. The molecule has 6 nitrogen and oxygen atoms in total. The number of fused-ring (bicyclic) bond motifs is 1. The van der Waals surface area contributed by atoms with Crippen molar-refractivity contribution in [1.29, 1.82) is 0 Å². The number of nitrogens with two attached hydrogens (primary N) is 1. The zero-order chi connectivity index (χ0) is 14.1. The van der Waals surface area contributed by atoms with Gasteiger partial charge in [0.25, 0.3) is 0 Å². The quantitative estimate of drug-likeness (QED) is 0.670. The predicted octanol–water partition coefficient (Wildman–Crippen LogP) is 1.71. The summed E-state index contributed by atoms with van der Waals surface area (Å²) in [7, 11) is 0. The first-order valence-electron chi connectivity index (χ1n) is 6.03. The third-order valence-corrected chi connectivity index (χ3v) is 3.07. The number of benzene rings is 1. The topological polar surface area (TPSA) is 105 Å². The van der Waals surface area contributed by atoms with E-state index in [0.717, 1.165) is 16.6 Å². The monoisotopic (exact) mass is 268 g/mol. The van der Waals surface area contributed by atoms with E-state index in [2.05, 4.69) is 15.0 Å². The summed E-state index contributed by atoms with van der Waals surface area (Å²) in [6, 6.07) is 7.83. The summed E-state index contributed by atoms with van der Waals surface area (Å²) in [5, 5.41) is 8.93. The van der Waals surface area contributed by atoms with Crippen LogP contribution in [0.2, 0.25) is 0 Å². The summed E-state index contributed by atoms with van der Waals surface area (Å²) in [6.07, 6.45) is 3.40. The molecule has 0 aliphatic carbocycles. The summed E-state index contributed by atoms with van der Waals surface area (Å²) in [5.41, 5.74) is 8.51. The van der Waals surface area contributed by atoms with Gasteiger partial charge in [0.15, 0.2) is 0 Å². The van der Waals surface area contributed by atoms with Crippen molar-refractivity contribution in [2.45, 2.75) is 6.04 Å². The number of carboxylic acid groups (broad SMARTS) is 1. The highest BCUT2D eigenvalue weighted by atomic mass is 16.4. The van der Waals surface area contributed by atoms with Gasteiger partial charge < -0.3 is 15.8 Å². The Bertz CT molecular complexity index is 767. The lowest BCUT2D eigenvalue weighted by molar-refractivity contribution is -0.138. The summed E-state index contributed by atoms with van der Waals surface area (Å²) < 4.78 is 0. The minimum Gasteiger partial charge on any atom is -0.480 e. The normalized spacial score (nSPS) is 12.4. The molecule has 1 atom stereocenters. The first-order valence-corrected chi connectivity index (χ1v) is 6.03. The maximum atomic E-state index is 10.9. The molecule has 1 unspecified atom stereocenters. The van der Waals surface area contributed by atoms with Crippen molar-refractivity contribution in [3.8, 4) is 11.4 Å². The van der Waals surface area contributed by atoms with Gasteiger partial charge in [-0.15, -0.1) is 0 Å². The standard InChI is InChI=1S/C14H12N4O2/c15-12(14(19)20)8-3-4-10-11(6-8)18-13(17-10)9-2-1-5-16-7-9/h1-7,12H,15H2,(H,17,18)(H,19,20). The van der Waals surface area contributed by atoms with Gasteiger partial charge in [-0.25, -0.2) is 4.98 Å². The van der Waals surface area contributed by atoms with Crippen LogP contribution in [-0.4, -0.2) is 26.0 Å². The van der Waals surface area contributed by atoms with Crippen LogP contribution < -0.4 is 5.73 Å². The number of carboxylic acids is 1. The number of H-pyrrole nitrogens is 1. The fourth-order valence-corrected chi connectivity index (χ4v) is 2.00. The highest BCUT2D eigenvalue weighted by Crippen LogP contribution is 2.22. The first-order chi connectivity index (χ1) is 9.65. The van der Waals surface area contributed by atoms with Crippen LogP contribution in [0, 0.1) is 0 Å². The minimum atomic E-state index is -1.06. The van der Waals surface area contributed by atoms with E-state index in [1.807, 2.05) is 12.1 Å². The van der Waals surface area contributed by atoms with Crippen LogP contribution in [0.15, 0.2) is 42.7 Å². The molecule has 4 N–H and O–H groups in total. The van der Waals surface area contributed by atoms with Crippen molar-refractivity contribution in [2.24, 2.45) is 5.73 Å². The molecule has 0 saturated carbocycles. The van der Waals surface area contributed by atoms with E-state index in [0.29, 0.717) is 11.4 Å². The number of carbonyl (C=O) groups is 1. The Balaban J connectivity index is 2.06. The maximum Gasteiger partial charge on any atom is 0.325 e. The fraction of sp³-hybridized carbons (Fsp3) is 0.0714. The molecule has 20 heavy (non-hydrogen) atoms. The number of aliphatic carboxylic acids is 1. The number of pyridine rings is 1. The second kappa shape index (κ2) is 4.75. The second-order valence-electron chi connectivity index (χ2n) is 4.42. The van der Waals surface area contributed by atoms with Crippen molar-refractivity contribution in [1.82, 2.24) is 15.0 Å². The van der Waals surface area contributed by atoms with E-state index in [1.54, 1.807) is 30.6 Å². The Hall–Kier alpha value is -2.73.